The molecule has 0 saturated carbocycles. The van der Waals surface area contributed by atoms with E-state index < -0.39 is 26.5 Å². The average Bonchev–Trinajstić information content (AvgIpc) is 2.83. The highest BCUT2D eigenvalue weighted by atomic mass is 31.2. The molecule has 0 spiro atoms. The topological polar surface area (TPSA) is 108 Å². The smallest absolute Gasteiger partial charge is 0.462 e. The minimum absolute atomic E-state index is 0.0351. The van der Waals surface area contributed by atoms with Gasteiger partial charge in [-0.2, -0.15) is 0 Å². The highest BCUT2D eigenvalue weighted by Gasteiger charge is 2.27. The Morgan fingerprint density at radius 2 is 1.18 bits per heavy atom. The van der Waals surface area contributed by atoms with E-state index >= 15 is 0 Å². The highest BCUT2D eigenvalue weighted by Crippen LogP contribution is 2.43. The zero-order chi connectivity index (χ0) is 28.7. The van der Waals surface area contributed by atoms with Gasteiger partial charge in [0.05, 0.1) is 27.7 Å². The summed E-state index contributed by atoms with van der Waals surface area (Å²) in [6.07, 6.45) is 14.8. The molecule has 0 saturated heterocycles. The second-order valence-electron chi connectivity index (χ2n) is 11.1. The van der Waals surface area contributed by atoms with E-state index in [4.69, 9.17) is 18.5 Å². The fraction of sp³-hybridized carbons (Fsp3) is 0.929. The number of phosphoric ester groups is 1. The number of likely N-dealkylation sites (N-methyl/N-ethyl adjacent to an activating group) is 1. The van der Waals surface area contributed by atoms with Gasteiger partial charge in [0.15, 0.2) is 6.10 Å². The van der Waals surface area contributed by atoms with Crippen LogP contribution in [0.4, 0.5) is 0 Å². The van der Waals surface area contributed by atoms with Gasteiger partial charge in [-0.15, -0.1) is 0 Å². The maximum atomic E-state index is 12.4. The molecule has 0 bridgehead atoms. The number of carbonyl (C=O) groups excluding carboxylic acids is 2. The summed E-state index contributed by atoms with van der Waals surface area (Å²) in [6, 6.07) is 0. The second-order valence-corrected chi connectivity index (χ2v) is 12.6. The van der Waals surface area contributed by atoms with Crippen LogP contribution < -0.4 is 0 Å². The Hall–Kier alpha value is -0.990. The number of unbranched alkanes of at least 4 members (excludes halogenated alkanes) is 12. The number of ether oxygens (including phenoxy) is 2. The van der Waals surface area contributed by atoms with Crippen molar-refractivity contribution in [3.8, 4) is 0 Å². The maximum Gasteiger partial charge on any atom is 0.472 e. The Labute approximate surface area is 232 Å². The number of nitrogens with zero attached hydrogens (tertiary/aromatic N) is 1. The van der Waals surface area contributed by atoms with Crippen molar-refractivity contribution in [1.29, 1.82) is 0 Å². The molecule has 2 unspecified atom stereocenters. The van der Waals surface area contributed by atoms with Crippen LogP contribution in [-0.4, -0.2) is 74.9 Å². The van der Waals surface area contributed by atoms with Gasteiger partial charge in [-0.25, -0.2) is 4.57 Å². The van der Waals surface area contributed by atoms with Gasteiger partial charge >= 0.3 is 19.8 Å². The number of quaternary nitrogens is 1. The molecule has 0 amide bonds. The van der Waals surface area contributed by atoms with Crippen molar-refractivity contribution < 1.29 is 42.1 Å². The van der Waals surface area contributed by atoms with Crippen molar-refractivity contribution in [2.24, 2.45) is 0 Å². The molecule has 0 aromatic heterocycles. The van der Waals surface area contributed by atoms with E-state index in [1.165, 1.54) is 44.9 Å². The predicted octanol–water partition coefficient (Wildman–Crippen LogP) is 6.56. The van der Waals surface area contributed by atoms with E-state index in [0.717, 1.165) is 38.5 Å². The molecule has 0 radical (unpaired) electrons. The van der Waals surface area contributed by atoms with Crippen LogP contribution in [0.1, 0.15) is 117 Å². The Bertz CT molecular complexity index is 653. The van der Waals surface area contributed by atoms with Gasteiger partial charge in [-0.1, -0.05) is 90.9 Å². The number of hydrogen-bond donors (Lipinski definition) is 1. The Morgan fingerprint density at radius 1 is 0.711 bits per heavy atom. The van der Waals surface area contributed by atoms with Crippen LogP contribution in [0.3, 0.4) is 0 Å². The first kappa shape index (κ1) is 37.0. The zero-order valence-corrected chi connectivity index (χ0v) is 25.8. The molecule has 0 aliphatic carbocycles. The first-order chi connectivity index (χ1) is 18.0. The van der Waals surface area contributed by atoms with E-state index in [2.05, 4.69) is 13.8 Å². The van der Waals surface area contributed by atoms with Gasteiger partial charge in [0.25, 0.3) is 0 Å². The third-order valence-electron chi connectivity index (χ3n) is 6.14. The summed E-state index contributed by atoms with van der Waals surface area (Å²) in [5.74, 6) is -0.814. The molecule has 2 atom stereocenters. The van der Waals surface area contributed by atoms with Gasteiger partial charge in [0, 0.05) is 12.8 Å². The van der Waals surface area contributed by atoms with Gasteiger partial charge in [0.2, 0.25) is 0 Å². The van der Waals surface area contributed by atoms with Crippen molar-refractivity contribution in [3.63, 3.8) is 0 Å². The van der Waals surface area contributed by atoms with E-state index in [9.17, 15) is 19.0 Å². The molecular weight excluding hydrogens is 509 g/mol. The van der Waals surface area contributed by atoms with Crippen molar-refractivity contribution in [1.82, 2.24) is 0 Å². The van der Waals surface area contributed by atoms with Gasteiger partial charge in [0.1, 0.15) is 19.8 Å². The maximum absolute atomic E-state index is 12.4. The lowest BCUT2D eigenvalue weighted by Gasteiger charge is -2.24. The Balaban J connectivity index is 4.57. The molecule has 226 valence electrons. The highest BCUT2D eigenvalue weighted by molar-refractivity contribution is 7.47. The van der Waals surface area contributed by atoms with E-state index in [1.54, 1.807) is 0 Å². The molecular formula is C28H57NO8P+. The summed E-state index contributed by atoms with van der Waals surface area (Å²) in [6.45, 7) is 4.28. The molecule has 0 heterocycles. The zero-order valence-electron chi connectivity index (χ0n) is 24.9. The summed E-state index contributed by atoms with van der Waals surface area (Å²) >= 11 is 0. The minimum Gasteiger partial charge on any atom is -0.462 e. The number of phosphoric acid groups is 1. The number of carbonyl (C=O) groups is 2. The van der Waals surface area contributed by atoms with Crippen molar-refractivity contribution in [3.05, 3.63) is 0 Å². The van der Waals surface area contributed by atoms with Crippen molar-refractivity contribution >= 4 is 19.8 Å². The quantitative estimate of drug-likeness (QED) is 0.0543. The predicted molar refractivity (Wildman–Crippen MR) is 151 cm³/mol. The number of rotatable bonds is 26. The fourth-order valence-corrected chi connectivity index (χ4v) is 4.46. The monoisotopic (exact) mass is 566 g/mol. The first-order valence-corrected chi connectivity index (χ1v) is 16.3. The second kappa shape index (κ2) is 22.8. The Morgan fingerprint density at radius 3 is 1.68 bits per heavy atom. The van der Waals surface area contributed by atoms with Crippen LogP contribution in [-0.2, 0) is 32.7 Å². The van der Waals surface area contributed by atoms with Crippen LogP contribution in [0.5, 0.6) is 0 Å². The standard InChI is InChI=1S/C28H56NO8P/c1-6-8-10-12-14-15-17-19-21-28(31)37-26(24-34-27(30)20-18-16-13-11-9-7-2)25-36-38(32,33)35-23-22-29(3,4)5/h26H,6-25H2,1-5H3/p+1. The third-order valence-corrected chi connectivity index (χ3v) is 7.12. The molecule has 0 rings (SSSR count). The first-order valence-electron chi connectivity index (χ1n) is 14.8. The molecule has 38 heavy (non-hydrogen) atoms. The molecule has 0 aliphatic rings. The molecule has 1 N–H and O–H groups in total. The normalized spacial score (nSPS) is 14.2. The molecule has 0 aromatic rings. The number of esters is 2. The minimum atomic E-state index is -4.34. The average molecular weight is 567 g/mol. The SMILES string of the molecule is CCCCCCCCCCC(=O)OC(COC(=O)CCCCCCCC)COP(=O)(O)OCC[N+](C)(C)C. The van der Waals surface area contributed by atoms with Crippen LogP contribution in [0.2, 0.25) is 0 Å². The molecule has 0 fully saturated rings. The van der Waals surface area contributed by atoms with E-state index in [1.807, 2.05) is 21.1 Å². The van der Waals surface area contributed by atoms with E-state index in [0.29, 0.717) is 23.9 Å². The summed E-state index contributed by atoms with van der Waals surface area (Å²) in [5.41, 5.74) is 0. The lowest BCUT2D eigenvalue weighted by molar-refractivity contribution is -0.870. The van der Waals surface area contributed by atoms with Crippen LogP contribution in [0.15, 0.2) is 0 Å². The molecule has 0 aromatic carbocycles. The lowest BCUT2D eigenvalue weighted by Crippen LogP contribution is -2.37. The van der Waals surface area contributed by atoms with Crippen LogP contribution in [0.25, 0.3) is 0 Å². The van der Waals surface area contributed by atoms with Crippen LogP contribution >= 0.6 is 7.82 Å². The van der Waals surface area contributed by atoms with Gasteiger partial charge in [-0.3, -0.25) is 18.6 Å². The Kier molecular flexibility index (Phi) is 22.2. The lowest BCUT2D eigenvalue weighted by atomic mass is 10.1. The molecule has 0 aliphatic heterocycles. The number of hydrogen-bond acceptors (Lipinski definition) is 7. The molecule has 10 heteroatoms. The van der Waals surface area contributed by atoms with Gasteiger partial charge < -0.3 is 18.9 Å². The van der Waals surface area contributed by atoms with E-state index in [-0.39, 0.29) is 25.6 Å². The summed E-state index contributed by atoms with van der Waals surface area (Å²) in [4.78, 5) is 34.6. The summed E-state index contributed by atoms with van der Waals surface area (Å²) in [5, 5.41) is 0. The third kappa shape index (κ3) is 25.3. The van der Waals surface area contributed by atoms with Crippen molar-refractivity contribution in [2.45, 2.75) is 123 Å². The molecule has 9 nitrogen and oxygen atoms in total. The summed E-state index contributed by atoms with van der Waals surface area (Å²) < 4.78 is 33.7. The fourth-order valence-electron chi connectivity index (χ4n) is 3.72. The van der Waals surface area contributed by atoms with Gasteiger partial charge in [-0.05, 0) is 12.8 Å². The van der Waals surface area contributed by atoms with Crippen molar-refractivity contribution in [2.75, 3.05) is 47.5 Å². The largest absolute Gasteiger partial charge is 0.472 e. The van der Waals surface area contributed by atoms with Crippen LogP contribution in [0, 0.1) is 0 Å². The summed E-state index contributed by atoms with van der Waals surface area (Å²) in [7, 11) is 1.48.